The Hall–Kier alpha value is -3.13. The maximum absolute atomic E-state index is 12.2. The number of hydrogen-bond donors (Lipinski definition) is 1. The molecule has 0 unspecified atom stereocenters. The molecule has 2 aromatic rings. The highest BCUT2D eigenvalue weighted by Crippen LogP contribution is 2.17. The number of ketones is 1. The number of nitrogens with zero attached hydrogens (tertiary/aromatic N) is 3. The second-order valence-corrected chi connectivity index (χ2v) is 5.10. The van der Waals surface area contributed by atoms with Crippen molar-refractivity contribution in [3.8, 4) is 6.07 Å². The molecule has 122 valence electrons. The van der Waals surface area contributed by atoms with Crippen molar-refractivity contribution in [2.24, 2.45) is 5.10 Å². The Labute approximate surface area is 142 Å². The van der Waals surface area contributed by atoms with Crippen molar-refractivity contribution >= 4 is 22.9 Å². The van der Waals surface area contributed by atoms with Crippen LogP contribution in [0.3, 0.4) is 0 Å². The molecule has 0 spiro atoms. The van der Waals surface area contributed by atoms with E-state index < -0.39 is 5.78 Å². The van der Waals surface area contributed by atoms with Crippen LogP contribution in [0.15, 0.2) is 59.7 Å². The highest BCUT2D eigenvalue weighted by molar-refractivity contribution is 6.51. The largest absolute Gasteiger partial charge is 0.372 e. The number of Topliss-reactive ketones (excluding diaryl/α,β-unsaturated/α-hetero) is 1. The summed E-state index contributed by atoms with van der Waals surface area (Å²) < 4.78 is 0. The summed E-state index contributed by atoms with van der Waals surface area (Å²) in [7, 11) is 0. The van der Waals surface area contributed by atoms with Crippen LogP contribution < -0.4 is 10.3 Å². The summed E-state index contributed by atoms with van der Waals surface area (Å²) in [5.74, 6) is -0.398. The van der Waals surface area contributed by atoms with Crippen molar-refractivity contribution in [3.63, 3.8) is 0 Å². The molecule has 0 saturated heterocycles. The average Bonchev–Trinajstić information content (AvgIpc) is 2.65. The SMILES string of the molecule is CCN(CC)c1ccc(N/N=C(\C#N)C(=O)c2ccccc2)cc1. The minimum atomic E-state index is -0.398. The molecule has 0 aromatic heterocycles. The lowest BCUT2D eigenvalue weighted by Gasteiger charge is -2.21. The number of hydrazone groups is 1. The molecule has 0 aliphatic carbocycles. The number of carbonyl (C=O) groups is 1. The van der Waals surface area contributed by atoms with Gasteiger partial charge in [0.25, 0.3) is 0 Å². The highest BCUT2D eigenvalue weighted by atomic mass is 16.1. The molecular formula is C19H20N4O. The van der Waals surface area contributed by atoms with Gasteiger partial charge in [0.05, 0.1) is 5.69 Å². The van der Waals surface area contributed by atoms with Crippen molar-refractivity contribution < 1.29 is 4.79 Å². The monoisotopic (exact) mass is 320 g/mol. The van der Waals surface area contributed by atoms with E-state index in [1.807, 2.05) is 36.4 Å². The first-order valence-corrected chi connectivity index (χ1v) is 7.88. The molecule has 5 nitrogen and oxygen atoms in total. The highest BCUT2D eigenvalue weighted by Gasteiger charge is 2.13. The van der Waals surface area contributed by atoms with Crippen LogP contribution in [0.4, 0.5) is 11.4 Å². The van der Waals surface area contributed by atoms with E-state index in [9.17, 15) is 4.79 Å². The van der Waals surface area contributed by atoms with E-state index in [1.54, 1.807) is 24.3 Å². The molecular weight excluding hydrogens is 300 g/mol. The van der Waals surface area contributed by atoms with Gasteiger partial charge in [0.2, 0.25) is 11.5 Å². The molecule has 0 amide bonds. The van der Waals surface area contributed by atoms with Gasteiger partial charge in [0.15, 0.2) is 0 Å². The summed E-state index contributed by atoms with van der Waals surface area (Å²) in [4.78, 5) is 14.4. The topological polar surface area (TPSA) is 68.5 Å². The number of benzene rings is 2. The maximum atomic E-state index is 12.2. The van der Waals surface area contributed by atoms with Crippen LogP contribution in [-0.4, -0.2) is 24.6 Å². The molecule has 5 heteroatoms. The Morgan fingerprint density at radius 2 is 1.71 bits per heavy atom. The van der Waals surface area contributed by atoms with E-state index in [1.165, 1.54) is 0 Å². The first kappa shape index (κ1) is 17.2. The third kappa shape index (κ3) is 4.20. The van der Waals surface area contributed by atoms with Gasteiger partial charge < -0.3 is 4.90 Å². The fraction of sp³-hybridized carbons (Fsp3) is 0.211. The number of nitrogens with one attached hydrogen (secondary N) is 1. The molecule has 0 saturated carbocycles. The minimum absolute atomic E-state index is 0.172. The third-order valence-corrected chi connectivity index (χ3v) is 3.65. The number of anilines is 2. The van der Waals surface area contributed by atoms with Gasteiger partial charge in [-0.1, -0.05) is 30.3 Å². The Bertz CT molecular complexity index is 741. The number of rotatable bonds is 7. The Balaban J connectivity index is 2.11. The summed E-state index contributed by atoms with van der Waals surface area (Å²) in [6, 6.07) is 18.2. The Morgan fingerprint density at radius 1 is 1.08 bits per heavy atom. The summed E-state index contributed by atoms with van der Waals surface area (Å²) in [6.07, 6.45) is 0. The van der Waals surface area contributed by atoms with Gasteiger partial charge in [-0.05, 0) is 38.1 Å². The molecule has 24 heavy (non-hydrogen) atoms. The maximum Gasteiger partial charge on any atom is 0.223 e. The Kier molecular flexibility index (Phi) is 6.09. The van der Waals surface area contributed by atoms with Gasteiger partial charge in [-0.15, -0.1) is 0 Å². The summed E-state index contributed by atoms with van der Waals surface area (Å²) in [6.45, 7) is 6.08. The van der Waals surface area contributed by atoms with Crippen LogP contribution in [0.5, 0.6) is 0 Å². The van der Waals surface area contributed by atoms with Crippen LogP contribution in [0.2, 0.25) is 0 Å². The molecule has 0 atom stereocenters. The van der Waals surface area contributed by atoms with Crippen LogP contribution in [-0.2, 0) is 0 Å². The second-order valence-electron chi connectivity index (χ2n) is 5.10. The van der Waals surface area contributed by atoms with Gasteiger partial charge in [0, 0.05) is 24.3 Å². The number of carbonyl (C=O) groups excluding carboxylic acids is 1. The van der Waals surface area contributed by atoms with Gasteiger partial charge in [-0.25, -0.2) is 0 Å². The van der Waals surface area contributed by atoms with Gasteiger partial charge in [-0.2, -0.15) is 10.4 Å². The molecule has 1 N–H and O–H groups in total. The molecule has 0 heterocycles. The van der Waals surface area contributed by atoms with E-state index in [4.69, 9.17) is 5.26 Å². The fourth-order valence-electron chi connectivity index (χ4n) is 2.31. The van der Waals surface area contributed by atoms with Crippen molar-refractivity contribution in [3.05, 3.63) is 60.2 Å². The van der Waals surface area contributed by atoms with E-state index in [2.05, 4.69) is 29.3 Å². The summed E-state index contributed by atoms with van der Waals surface area (Å²) in [5, 5.41) is 13.1. The van der Waals surface area contributed by atoms with Gasteiger partial charge >= 0.3 is 0 Å². The second kappa shape index (κ2) is 8.49. The Morgan fingerprint density at radius 3 is 2.25 bits per heavy atom. The quantitative estimate of drug-likeness (QED) is 0.480. The van der Waals surface area contributed by atoms with E-state index in [-0.39, 0.29) is 5.71 Å². The first-order valence-electron chi connectivity index (χ1n) is 7.88. The zero-order valence-electron chi connectivity index (χ0n) is 13.9. The van der Waals surface area contributed by atoms with Gasteiger partial charge in [0.1, 0.15) is 6.07 Å². The standard InChI is InChI=1S/C19H20N4O/c1-3-23(4-2)17-12-10-16(11-13-17)21-22-18(14-20)19(24)15-8-6-5-7-9-15/h5-13,21H,3-4H2,1-2H3/b22-18+. The van der Waals surface area contributed by atoms with Crippen molar-refractivity contribution in [1.29, 1.82) is 5.26 Å². The van der Waals surface area contributed by atoms with Crippen molar-refractivity contribution in [1.82, 2.24) is 0 Å². The summed E-state index contributed by atoms with van der Waals surface area (Å²) in [5.41, 5.74) is 4.89. The van der Waals surface area contributed by atoms with Crippen LogP contribution in [0, 0.1) is 11.3 Å². The predicted octanol–water partition coefficient (Wildman–Crippen LogP) is 3.71. The van der Waals surface area contributed by atoms with E-state index >= 15 is 0 Å². The van der Waals surface area contributed by atoms with Crippen LogP contribution in [0.1, 0.15) is 24.2 Å². The van der Waals surface area contributed by atoms with Crippen molar-refractivity contribution in [2.75, 3.05) is 23.4 Å². The molecule has 0 bridgehead atoms. The summed E-state index contributed by atoms with van der Waals surface area (Å²) >= 11 is 0. The molecule has 0 aliphatic rings. The zero-order chi connectivity index (χ0) is 17.4. The lowest BCUT2D eigenvalue weighted by atomic mass is 10.1. The zero-order valence-corrected chi connectivity index (χ0v) is 13.9. The van der Waals surface area contributed by atoms with Gasteiger partial charge in [-0.3, -0.25) is 10.2 Å². The van der Waals surface area contributed by atoms with Crippen LogP contribution in [0.25, 0.3) is 0 Å². The first-order chi connectivity index (χ1) is 11.7. The lowest BCUT2D eigenvalue weighted by molar-refractivity contribution is 0.106. The lowest BCUT2D eigenvalue weighted by Crippen LogP contribution is -2.21. The third-order valence-electron chi connectivity index (χ3n) is 3.65. The normalized spacial score (nSPS) is 10.8. The van der Waals surface area contributed by atoms with E-state index in [0.717, 1.165) is 24.5 Å². The van der Waals surface area contributed by atoms with Crippen molar-refractivity contribution in [2.45, 2.75) is 13.8 Å². The molecule has 0 fully saturated rings. The molecule has 0 radical (unpaired) electrons. The number of nitriles is 1. The number of hydrogen-bond acceptors (Lipinski definition) is 5. The minimum Gasteiger partial charge on any atom is -0.372 e. The molecule has 2 aromatic carbocycles. The smallest absolute Gasteiger partial charge is 0.223 e. The molecule has 0 aliphatic heterocycles. The average molecular weight is 320 g/mol. The predicted molar refractivity (Wildman–Crippen MR) is 97.4 cm³/mol. The van der Waals surface area contributed by atoms with E-state index in [0.29, 0.717) is 5.56 Å². The fourth-order valence-corrected chi connectivity index (χ4v) is 2.31. The molecule has 2 rings (SSSR count). The van der Waals surface area contributed by atoms with Crippen LogP contribution >= 0.6 is 0 Å².